The van der Waals surface area contributed by atoms with E-state index in [0.29, 0.717) is 6.42 Å². The number of para-hydroxylation sites is 2. The van der Waals surface area contributed by atoms with Crippen LogP contribution >= 0.6 is 0 Å². The number of hydrogen-bond donors (Lipinski definition) is 1. The Morgan fingerprint density at radius 1 is 1.21 bits per heavy atom. The quantitative estimate of drug-likeness (QED) is 0.781. The van der Waals surface area contributed by atoms with Gasteiger partial charge >= 0.3 is 0 Å². The number of ether oxygens (including phenoxy) is 1. The van der Waals surface area contributed by atoms with Gasteiger partial charge in [-0.25, -0.2) is 9.67 Å². The number of nitrogens with zero attached hydrogens (tertiary/aromatic N) is 4. The fraction of sp³-hybridized carbons (Fsp3) is 0.389. The highest BCUT2D eigenvalue weighted by molar-refractivity contribution is 5.47. The molecule has 0 aliphatic heterocycles. The zero-order valence-corrected chi connectivity index (χ0v) is 14.8. The molecule has 0 saturated heterocycles. The molecule has 0 atom stereocenters. The molecule has 0 saturated carbocycles. The fourth-order valence-corrected chi connectivity index (χ4v) is 2.71. The number of aromatic amines is 1. The van der Waals surface area contributed by atoms with Crippen LogP contribution in [0.5, 0.6) is 5.75 Å². The van der Waals surface area contributed by atoms with Gasteiger partial charge in [-0.1, -0.05) is 26.0 Å². The molecule has 0 radical (unpaired) electrons. The van der Waals surface area contributed by atoms with Crippen LogP contribution in [-0.4, -0.2) is 32.1 Å². The summed E-state index contributed by atoms with van der Waals surface area (Å²) in [6.45, 7) is 8.23. The van der Waals surface area contributed by atoms with Crippen LogP contribution in [-0.2, 0) is 6.42 Å². The second-order valence-corrected chi connectivity index (χ2v) is 6.21. The van der Waals surface area contributed by atoms with Crippen molar-refractivity contribution in [3.8, 4) is 11.4 Å². The van der Waals surface area contributed by atoms with E-state index in [-0.39, 0.29) is 5.92 Å². The van der Waals surface area contributed by atoms with Crippen molar-refractivity contribution in [3.63, 3.8) is 0 Å². The van der Waals surface area contributed by atoms with Crippen LogP contribution in [0.2, 0.25) is 0 Å². The minimum atomic E-state index is 0.256. The van der Waals surface area contributed by atoms with E-state index in [1.807, 2.05) is 42.8 Å². The number of H-pyrrole nitrogens is 1. The van der Waals surface area contributed by atoms with Crippen molar-refractivity contribution in [2.75, 3.05) is 7.11 Å². The first kappa shape index (κ1) is 16.2. The molecule has 2 heterocycles. The third-order valence-corrected chi connectivity index (χ3v) is 4.14. The second-order valence-electron chi connectivity index (χ2n) is 6.21. The van der Waals surface area contributed by atoms with Gasteiger partial charge in [-0.3, -0.25) is 5.10 Å². The van der Waals surface area contributed by atoms with Gasteiger partial charge in [0.2, 0.25) is 0 Å². The van der Waals surface area contributed by atoms with Crippen molar-refractivity contribution < 1.29 is 4.74 Å². The van der Waals surface area contributed by atoms with Gasteiger partial charge in [0.25, 0.3) is 0 Å². The maximum Gasteiger partial charge on any atom is 0.153 e. The van der Waals surface area contributed by atoms with E-state index in [1.54, 1.807) is 7.11 Å². The molecule has 3 rings (SSSR count). The predicted octanol–water partition coefficient (Wildman–Crippen LogP) is 3.33. The van der Waals surface area contributed by atoms with E-state index < -0.39 is 0 Å². The van der Waals surface area contributed by atoms with Gasteiger partial charge in [0.15, 0.2) is 5.82 Å². The highest BCUT2D eigenvalue weighted by Crippen LogP contribution is 2.25. The Morgan fingerprint density at radius 3 is 2.58 bits per heavy atom. The maximum absolute atomic E-state index is 5.50. The number of aromatic nitrogens is 5. The third kappa shape index (κ3) is 2.91. The van der Waals surface area contributed by atoms with Gasteiger partial charge in [-0.15, -0.1) is 0 Å². The highest BCUT2D eigenvalue weighted by Gasteiger charge is 2.19. The summed E-state index contributed by atoms with van der Waals surface area (Å²) in [6.07, 6.45) is 0.673. The molecule has 0 bridgehead atoms. The van der Waals surface area contributed by atoms with Crippen LogP contribution < -0.4 is 4.74 Å². The molecule has 0 fully saturated rings. The van der Waals surface area contributed by atoms with E-state index in [1.165, 1.54) is 0 Å². The van der Waals surface area contributed by atoms with Crippen molar-refractivity contribution in [2.45, 2.75) is 40.0 Å². The molecule has 1 aromatic carbocycles. The Labute approximate surface area is 141 Å². The normalized spacial score (nSPS) is 11.2. The van der Waals surface area contributed by atoms with Gasteiger partial charge in [0, 0.05) is 23.6 Å². The molecule has 0 aliphatic rings. The number of nitrogens with one attached hydrogen (secondary N) is 1. The first-order valence-corrected chi connectivity index (χ1v) is 8.11. The Hall–Kier alpha value is -2.63. The summed E-state index contributed by atoms with van der Waals surface area (Å²) >= 11 is 0. The Balaban J connectivity index is 2.12. The standard InChI is InChI=1S/C18H23N5O/c1-11(2)18-19-17(10-14-12(3)20-21-13(14)4)23(22-18)15-8-6-7-9-16(15)24-5/h6-9,11H,10H2,1-5H3,(H,20,21). The monoisotopic (exact) mass is 325 g/mol. The lowest BCUT2D eigenvalue weighted by molar-refractivity contribution is 0.411. The number of aryl methyl sites for hydroxylation is 2. The molecule has 2 aromatic heterocycles. The van der Waals surface area contributed by atoms with Gasteiger partial charge in [-0.2, -0.15) is 10.2 Å². The Bertz CT molecular complexity index is 827. The Kier molecular flexibility index (Phi) is 4.38. The maximum atomic E-state index is 5.50. The molecule has 6 heteroatoms. The zero-order valence-electron chi connectivity index (χ0n) is 14.8. The summed E-state index contributed by atoms with van der Waals surface area (Å²) in [5.41, 5.74) is 4.11. The lowest BCUT2D eigenvalue weighted by atomic mass is 10.1. The highest BCUT2D eigenvalue weighted by atomic mass is 16.5. The largest absolute Gasteiger partial charge is 0.494 e. The molecule has 0 aliphatic carbocycles. The lowest BCUT2D eigenvalue weighted by Gasteiger charge is -2.10. The van der Waals surface area contributed by atoms with Crippen molar-refractivity contribution >= 4 is 0 Å². The smallest absolute Gasteiger partial charge is 0.153 e. The molecular weight excluding hydrogens is 302 g/mol. The van der Waals surface area contributed by atoms with Gasteiger partial charge in [-0.05, 0) is 26.0 Å². The molecule has 24 heavy (non-hydrogen) atoms. The molecule has 6 nitrogen and oxygen atoms in total. The average Bonchev–Trinajstić information content (AvgIpc) is 3.14. The van der Waals surface area contributed by atoms with E-state index in [9.17, 15) is 0 Å². The summed E-state index contributed by atoms with van der Waals surface area (Å²) in [5, 5.41) is 12.0. The number of hydrogen-bond acceptors (Lipinski definition) is 4. The molecular formula is C18H23N5O. The van der Waals surface area contributed by atoms with E-state index >= 15 is 0 Å². The molecule has 0 unspecified atom stereocenters. The molecule has 0 spiro atoms. The summed E-state index contributed by atoms with van der Waals surface area (Å²) < 4.78 is 7.39. The summed E-state index contributed by atoms with van der Waals surface area (Å²) in [7, 11) is 1.67. The average molecular weight is 325 g/mol. The van der Waals surface area contributed by atoms with Crippen molar-refractivity contribution in [2.24, 2.45) is 0 Å². The first-order chi connectivity index (χ1) is 11.5. The molecule has 3 aromatic rings. The van der Waals surface area contributed by atoms with Crippen LogP contribution in [0.3, 0.4) is 0 Å². The van der Waals surface area contributed by atoms with Gasteiger partial charge in [0.05, 0.1) is 12.8 Å². The first-order valence-electron chi connectivity index (χ1n) is 8.11. The van der Waals surface area contributed by atoms with E-state index in [4.69, 9.17) is 14.8 Å². The van der Waals surface area contributed by atoms with Crippen molar-refractivity contribution in [1.29, 1.82) is 0 Å². The van der Waals surface area contributed by atoms with Crippen LogP contribution in [0.1, 0.15) is 48.4 Å². The lowest BCUT2D eigenvalue weighted by Crippen LogP contribution is -2.06. The minimum absolute atomic E-state index is 0.256. The second kappa shape index (κ2) is 6.47. The molecule has 1 N–H and O–H groups in total. The molecule has 126 valence electrons. The number of methoxy groups -OCH3 is 1. The Morgan fingerprint density at radius 2 is 1.96 bits per heavy atom. The third-order valence-electron chi connectivity index (χ3n) is 4.14. The number of benzene rings is 1. The fourth-order valence-electron chi connectivity index (χ4n) is 2.71. The summed E-state index contributed by atoms with van der Waals surface area (Å²) in [5.74, 6) is 2.75. The minimum Gasteiger partial charge on any atom is -0.494 e. The van der Waals surface area contributed by atoms with Crippen molar-refractivity contribution in [1.82, 2.24) is 25.0 Å². The van der Waals surface area contributed by atoms with E-state index in [0.717, 1.165) is 40.0 Å². The van der Waals surface area contributed by atoms with Gasteiger partial charge < -0.3 is 4.74 Å². The van der Waals surface area contributed by atoms with Crippen LogP contribution in [0.25, 0.3) is 5.69 Å². The van der Waals surface area contributed by atoms with Gasteiger partial charge in [0.1, 0.15) is 17.3 Å². The van der Waals surface area contributed by atoms with Crippen LogP contribution in [0.4, 0.5) is 0 Å². The summed E-state index contributed by atoms with van der Waals surface area (Å²) in [6, 6.07) is 7.86. The number of rotatable bonds is 5. The van der Waals surface area contributed by atoms with Crippen LogP contribution in [0.15, 0.2) is 24.3 Å². The molecule has 0 amide bonds. The topological polar surface area (TPSA) is 68.6 Å². The SMILES string of the molecule is COc1ccccc1-n1nc(C(C)C)nc1Cc1c(C)n[nH]c1C. The zero-order chi connectivity index (χ0) is 17.3. The van der Waals surface area contributed by atoms with E-state index in [2.05, 4.69) is 24.0 Å². The summed E-state index contributed by atoms with van der Waals surface area (Å²) in [4.78, 5) is 4.77. The predicted molar refractivity (Wildman–Crippen MR) is 92.9 cm³/mol. The van der Waals surface area contributed by atoms with Crippen molar-refractivity contribution in [3.05, 3.63) is 52.9 Å². The van der Waals surface area contributed by atoms with Crippen LogP contribution in [0, 0.1) is 13.8 Å².